The average molecular weight is 376 g/mol. The van der Waals surface area contributed by atoms with E-state index in [1.54, 1.807) is 20.0 Å². The molecule has 2 heterocycles. The summed E-state index contributed by atoms with van der Waals surface area (Å²) in [4.78, 5) is 17.5. The molecule has 5 heteroatoms. The molecule has 28 heavy (non-hydrogen) atoms. The van der Waals surface area contributed by atoms with Crippen molar-refractivity contribution in [3.8, 4) is 0 Å². The second-order valence-electron chi connectivity index (χ2n) is 7.83. The van der Waals surface area contributed by atoms with Gasteiger partial charge in [0, 0.05) is 18.8 Å². The van der Waals surface area contributed by atoms with Crippen molar-refractivity contribution in [2.45, 2.75) is 43.9 Å². The summed E-state index contributed by atoms with van der Waals surface area (Å²) in [5, 5.41) is 10.4. The number of benzene rings is 2. The van der Waals surface area contributed by atoms with Crippen molar-refractivity contribution in [2.24, 2.45) is 0 Å². The van der Waals surface area contributed by atoms with E-state index < -0.39 is 11.0 Å². The van der Waals surface area contributed by atoms with Gasteiger partial charge in [-0.2, -0.15) is 0 Å². The summed E-state index contributed by atoms with van der Waals surface area (Å²) in [7, 11) is 0. The first kappa shape index (κ1) is 18.4. The summed E-state index contributed by atoms with van der Waals surface area (Å²) in [5.74, 6) is 0.320. The highest BCUT2D eigenvalue weighted by atomic mass is 16.6. The Balaban J connectivity index is 1.71. The maximum Gasteiger partial charge on any atom is 0.321 e. The van der Waals surface area contributed by atoms with Crippen molar-refractivity contribution < 1.29 is 14.6 Å². The van der Waals surface area contributed by atoms with Crippen LogP contribution < -0.4 is 0 Å². The molecular formula is C23H24N2O3. The smallest absolute Gasteiger partial charge is 0.321 e. The van der Waals surface area contributed by atoms with Crippen molar-refractivity contribution in [3.63, 3.8) is 0 Å². The third-order valence-corrected chi connectivity index (χ3v) is 5.35. The van der Waals surface area contributed by atoms with E-state index in [4.69, 9.17) is 4.74 Å². The van der Waals surface area contributed by atoms with Crippen molar-refractivity contribution in [1.29, 1.82) is 0 Å². The first-order chi connectivity index (χ1) is 13.4. The summed E-state index contributed by atoms with van der Waals surface area (Å²) >= 11 is 0. The van der Waals surface area contributed by atoms with Gasteiger partial charge in [0.05, 0.1) is 6.54 Å². The van der Waals surface area contributed by atoms with Gasteiger partial charge in [0.15, 0.2) is 0 Å². The summed E-state index contributed by atoms with van der Waals surface area (Å²) in [6.45, 7) is 3.85. The van der Waals surface area contributed by atoms with Gasteiger partial charge in [-0.3, -0.25) is 4.79 Å². The fourth-order valence-corrected chi connectivity index (χ4v) is 4.11. The van der Waals surface area contributed by atoms with Crippen LogP contribution in [0.4, 0.5) is 0 Å². The standard InChI is InChI=1S/C23H24N2O3/c1-22(2,27)20-24-13-14-25(20)16-19-15-23(21(26)28-19,17-9-5-3-6-10-17)18-11-7-4-8-12-18/h3-14,19,27H,15-16H2,1-2H3. The molecule has 4 rings (SSSR count). The van der Waals surface area contributed by atoms with Gasteiger partial charge in [0.25, 0.3) is 0 Å². The minimum atomic E-state index is -1.07. The van der Waals surface area contributed by atoms with Crippen molar-refractivity contribution in [2.75, 3.05) is 0 Å². The van der Waals surface area contributed by atoms with Gasteiger partial charge < -0.3 is 14.4 Å². The van der Waals surface area contributed by atoms with Crippen LogP contribution in [0, 0.1) is 0 Å². The van der Waals surface area contributed by atoms with Crippen LogP contribution in [-0.2, 0) is 27.1 Å². The highest BCUT2D eigenvalue weighted by molar-refractivity contribution is 5.89. The first-order valence-corrected chi connectivity index (χ1v) is 9.47. The zero-order valence-electron chi connectivity index (χ0n) is 16.1. The molecule has 1 aliphatic heterocycles. The third-order valence-electron chi connectivity index (χ3n) is 5.35. The molecule has 1 saturated heterocycles. The van der Waals surface area contributed by atoms with Crippen LogP contribution in [0.2, 0.25) is 0 Å². The Morgan fingerprint density at radius 3 is 2.21 bits per heavy atom. The molecule has 0 saturated carbocycles. The van der Waals surface area contributed by atoms with E-state index in [9.17, 15) is 9.90 Å². The number of carbonyl (C=O) groups is 1. The van der Waals surface area contributed by atoms with E-state index in [1.807, 2.05) is 71.4 Å². The number of carbonyl (C=O) groups excluding carboxylic acids is 1. The lowest BCUT2D eigenvalue weighted by atomic mass is 9.72. The maximum atomic E-state index is 13.2. The number of aliphatic hydroxyl groups is 1. The Kier molecular flexibility index (Phi) is 4.55. The molecule has 1 fully saturated rings. The van der Waals surface area contributed by atoms with Crippen LogP contribution in [-0.4, -0.2) is 26.7 Å². The topological polar surface area (TPSA) is 64.4 Å². The lowest BCUT2D eigenvalue weighted by molar-refractivity contribution is -0.145. The predicted octanol–water partition coefficient (Wildman–Crippen LogP) is 3.41. The van der Waals surface area contributed by atoms with Gasteiger partial charge in [-0.25, -0.2) is 4.98 Å². The number of esters is 1. The molecule has 2 aromatic carbocycles. The molecule has 3 aromatic rings. The van der Waals surface area contributed by atoms with E-state index in [2.05, 4.69) is 4.98 Å². The van der Waals surface area contributed by atoms with E-state index in [0.717, 1.165) is 11.1 Å². The molecule has 5 nitrogen and oxygen atoms in total. The third kappa shape index (κ3) is 3.12. The highest BCUT2D eigenvalue weighted by Crippen LogP contribution is 2.43. The Labute approximate surface area is 164 Å². The first-order valence-electron chi connectivity index (χ1n) is 9.47. The van der Waals surface area contributed by atoms with Crippen LogP contribution in [0.25, 0.3) is 0 Å². The van der Waals surface area contributed by atoms with Crippen LogP contribution in [0.3, 0.4) is 0 Å². The van der Waals surface area contributed by atoms with Gasteiger partial charge in [-0.05, 0) is 25.0 Å². The number of imidazole rings is 1. The Morgan fingerprint density at radius 1 is 1.11 bits per heavy atom. The van der Waals surface area contributed by atoms with Crippen LogP contribution >= 0.6 is 0 Å². The zero-order chi connectivity index (χ0) is 19.8. The van der Waals surface area contributed by atoms with Crippen LogP contribution in [0.15, 0.2) is 73.1 Å². The molecule has 0 bridgehead atoms. The Hall–Kier alpha value is -2.92. The molecule has 0 radical (unpaired) electrons. The summed E-state index contributed by atoms with van der Waals surface area (Å²) in [6, 6.07) is 19.6. The summed E-state index contributed by atoms with van der Waals surface area (Å²) < 4.78 is 7.72. The lowest BCUT2D eigenvalue weighted by Gasteiger charge is -2.26. The number of nitrogens with zero attached hydrogens (tertiary/aromatic N) is 2. The van der Waals surface area contributed by atoms with Crippen molar-refractivity contribution >= 4 is 5.97 Å². The highest BCUT2D eigenvalue weighted by Gasteiger charge is 2.51. The molecule has 0 amide bonds. The molecular weight excluding hydrogens is 352 g/mol. The molecule has 1 unspecified atom stereocenters. The minimum Gasteiger partial charge on any atom is -0.459 e. The van der Waals surface area contributed by atoms with Gasteiger partial charge >= 0.3 is 5.97 Å². The number of ether oxygens (including phenoxy) is 1. The molecule has 144 valence electrons. The van der Waals surface area contributed by atoms with Crippen molar-refractivity contribution in [1.82, 2.24) is 9.55 Å². The molecule has 1 N–H and O–H groups in total. The molecule has 0 aliphatic carbocycles. The Bertz CT molecular complexity index is 919. The number of aromatic nitrogens is 2. The van der Waals surface area contributed by atoms with Crippen LogP contribution in [0.1, 0.15) is 37.2 Å². The molecule has 0 spiro atoms. The zero-order valence-corrected chi connectivity index (χ0v) is 16.1. The lowest BCUT2D eigenvalue weighted by Crippen LogP contribution is -2.33. The monoisotopic (exact) mass is 376 g/mol. The van der Waals surface area contributed by atoms with E-state index in [0.29, 0.717) is 18.8 Å². The summed E-state index contributed by atoms with van der Waals surface area (Å²) in [6.07, 6.45) is 3.68. The number of rotatable bonds is 5. The largest absolute Gasteiger partial charge is 0.459 e. The SMILES string of the molecule is CC(C)(O)c1nccn1CC1CC(c2ccccc2)(c2ccccc2)C(=O)O1. The Morgan fingerprint density at radius 2 is 1.68 bits per heavy atom. The second-order valence-corrected chi connectivity index (χ2v) is 7.83. The molecule has 1 atom stereocenters. The number of hydrogen-bond acceptors (Lipinski definition) is 4. The molecule has 1 aromatic heterocycles. The normalized spacial score (nSPS) is 18.8. The van der Waals surface area contributed by atoms with Crippen LogP contribution in [0.5, 0.6) is 0 Å². The van der Waals surface area contributed by atoms with Crippen molar-refractivity contribution in [3.05, 3.63) is 90.0 Å². The van der Waals surface area contributed by atoms with Gasteiger partial charge in [-0.15, -0.1) is 0 Å². The summed E-state index contributed by atoms with van der Waals surface area (Å²) in [5.41, 5.74) is -0.0332. The number of hydrogen-bond donors (Lipinski definition) is 1. The second kappa shape index (κ2) is 6.91. The minimum absolute atomic E-state index is 0.236. The van der Waals surface area contributed by atoms with Gasteiger partial charge in [0.1, 0.15) is 22.9 Å². The quantitative estimate of drug-likeness (QED) is 0.693. The van der Waals surface area contributed by atoms with E-state index in [-0.39, 0.29) is 12.1 Å². The maximum absolute atomic E-state index is 13.2. The fourth-order valence-electron chi connectivity index (χ4n) is 4.11. The fraction of sp³-hybridized carbons (Fsp3) is 0.304. The predicted molar refractivity (Wildman–Crippen MR) is 106 cm³/mol. The average Bonchev–Trinajstić information content (AvgIpc) is 3.28. The molecule has 1 aliphatic rings. The van der Waals surface area contributed by atoms with E-state index in [1.165, 1.54) is 0 Å². The number of cyclic esters (lactones) is 1. The van der Waals surface area contributed by atoms with Gasteiger partial charge in [0.2, 0.25) is 0 Å². The van der Waals surface area contributed by atoms with Gasteiger partial charge in [-0.1, -0.05) is 60.7 Å². The van der Waals surface area contributed by atoms with E-state index >= 15 is 0 Å².